The van der Waals surface area contributed by atoms with Gasteiger partial charge in [-0.05, 0) is 79.5 Å². The maximum atomic E-state index is 14.2. The number of nitrogens with one attached hydrogen (secondary N) is 1. The van der Waals surface area contributed by atoms with Gasteiger partial charge in [0.05, 0.1) is 11.0 Å². The molecule has 1 atom stereocenters. The molecule has 190 valence electrons. The van der Waals surface area contributed by atoms with Gasteiger partial charge in [0, 0.05) is 11.6 Å². The number of carbonyl (C=O) groups is 1. The zero-order chi connectivity index (χ0) is 26.1. The number of amides is 1. The molecule has 5 aromatic rings. The summed E-state index contributed by atoms with van der Waals surface area (Å²) in [4.78, 5) is 19.4. The lowest BCUT2D eigenvalue weighted by molar-refractivity contribution is -0.119. The number of aromatic nitrogens is 2. The summed E-state index contributed by atoms with van der Waals surface area (Å²) in [5.41, 5.74) is 9.02. The first kappa shape index (κ1) is 24.2. The largest absolute Gasteiger partial charge is 0.324 e. The van der Waals surface area contributed by atoms with Gasteiger partial charge < -0.3 is 9.88 Å². The van der Waals surface area contributed by atoms with Gasteiger partial charge in [-0.1, -0.05) is 84.9 Å². The summed E-state index contributed by atoms with van der Waals surface area (Å²) >= 11 is 0. The lowest BCUT2D eigenvalue weighted by Gasteiger charge is -2.24. The number of nitrogens with zero attached hydrogens (tertiary/aromatic N) is 2. The van der Waals surface area contributed by atoms with Crippen LogP contribution < -0.4 is 5.32 Å². The number of hydrogen-bond donors (Lipinski definition) is 1. The monoisotopic (exact) mass is 499 g/mol. The van der Waals surface area contributed by atoms with Gasteiger partial charge in [-0.25, -0.2) is 4.98 Å². The third kappa shape index (κ3) is 4.63. The van der Waals surface area contributed by atoms with Gasteiger partial charge in [0.2, 0.25) is 5.91 Å². The Morgan fingerprint density at radius 2 is 1.47 bits per heavy atom. The standard InChI is InChI=1S/C34H33N3O/c1-23-11-10-12-24(2)32(23)36-34(38)31(20-19-25-13-4-3-5-14-25)37-30-18-9-8-17-29(30)35-33(37)28-21-26-15-6-7-16-27(26)22-28/h3-18,28,31H,19-22H2,1-2H3,(H,36,38). The van der Waals surface area contributed by atoms with Crippen LogP contribution in [0.2, 0.25) is 0 Å². The Bertz CT molecular complexity index is 1560. The second kappa shape index (κ2) is 10.3. The third-order valence-electron chi connectivity index (χ3n) is 7.93. The van der Waals surface area contributed by atoms with E-state index in [1.54, 1.807) is 0 Å². The van der Waals surface area contributed by atoms with Crippen molar-refractivity contribution >= 4 is 22.6 Å². The fourth-order valence-electron chi connectivity index (χ4n) is 5.96. The van der Waals surface area contributed by atoms with Gasteiger partial charge >= 0.3 is 0 Å². The quantitative estimate of drug-likeness (QED) is 0.254. The molecule has 4 aromatic carbocycles. The zero-order valence-corrected chi connectivity index (χ0v) is 22.0. The van der Waals surface area contributed by atoms with Crippen LogP contribution in [-0.2, 0) is 24.1 Å². The molecule has 6 rings (SSSR count). The van der Waals surface area contributed by atoms with Crippen LogP contribution in [0.3, 0.4) is 0 Å². The van der Waals surface area contributed by atoms with Gasteiger partial charge in [-0.3, -0.25) is 4.79 Å². The van der Waals surface area contributed by atoms with Crippen molar-refractivity contribution < 1.29 is 4.79 Å². The lowest BCUT2D eigenvalue weighted by Crippen LogP contribution is -2.29. The summed E-state index contributed by atoms with van der Waals surface area (Å²) in [5.74, 6) is 1.27. The van der Waals surface area contributed by atoms with E-state index in [-0.39, 0.29) is 17.9 Å². The highest BCUT2D eigenvalue weighted by atomic mass is 16.2. The van der Waals surface area contributed by atoms with E-state index in [4.69, 9.17) is 4.98 Å². The van der Waals surface area contributed by atoms with Crippen molar-refractivity contribution in [3.05, 3.63) is 131 Å². The van der Waals surface area contributed by atoms with Crippen LogP contribution in [-0.4, -0.2) is 15.5 Å². The molecule has 0 bridgehead atoms. The Hall–Kier alpha value is -4.18. The summed E-state index contributed by atoms with van der Waals surface area (Å²) in [6.07, 6.45) is 3.39. The highest BCUT2D eigenvalue weighted by Crippen LogP contribution is 2.37. The topological polar surface area (TPSA) is 46.9 Å². The molecule has 4 heteroatoms. The van der Waals surface area contributed by atoms with E-state index in [0.717, 1.165) is 52.9 Å². The van der Waals surface area contributed by atoms with Crippen molar-refractivity contribution in [1.82, 2.24) is 9.55 Å². The van der Waals surface area contributed by atoms with Crippen LogP contribution in [0.25, 0.3) is 11.0 Å². The predicted molar refractivity (Wildman–Crippen MR) is 155 cm³/mol. The first-order valence-electron chi connectivity index (χ1n) is 13.5. The predicted octanol–water partition coefficient (Wildman–Crippen LogP) is 7.35. The summed E-state index contributed by atoms with van der Waals surface area (Å²) in [7, 11) is 0. The number of carbonyl (C=O) groups excluding carboxylic acids is 1. The molecule has 0 fully saturated rings. The third-order valence-corrected chi connectivity index (χ3v) is 7.93. The molecule has 0 spiro atoms. The summed E-state index contributed by atoms with van der Waals surface area (Å²) < 4.78 is 2.25. The van der Waals surface area contributed by atoms with Crippen molar-refractivity contribution in [3.8, 4) is 0 Å². The molecular formula is C34H33N3O. The molecule has 1 aliphatic rings. The van der Waals surface area contributed by atoms with E-state index in [0.29, 0.717) is 6.42 Å². The Labute approximate surface area is 224 Å². The second-order valence-electron chi connectivity index (χ2n) is 10.5. The fraction of sp³-hybridized carbons (Fsp3) is 0.235. The maximum absolute atomic E-state index is 14.2. The molecule has 38 heavy (non-hydrogen) atoms. The number of aryl methyl sites for hydroxylation is 3. The van der Waals surface area contributed by atoms with Crippen LogP contribution in [0, 0.1) is 13.8 Å². The van der Waals surface area contributed by atoms with Gasteiger partial charge in [0.15, 0.2) is 0 Å². The molecule has 1 aromatic heterocycles. The molecule has 0 saturated carbocycles. The van der Waals surface area contributed by atoms with Crippen LogP contribution >= 0.6 is 0 Å². The van der Waals surface area contributed by atoms with Gasteiger partial charge in [-0.15, -0.1) is 0 Å². The minimum Gasteiger partial charge on any atom is -0.324 e. The van der Waals surface area contributed by atoms with E-state index in [1.165, 1.54) is 16.7 Å². The van der Waals surface area contributed by atoms with Crippen LogP contribution in [0.5, 0.6) is 0 Å². The number of fused-ring (bicyclic) bond motifs is 2. The summed E-state index contributed by atoms with van der Waals surface area (Å²) in [5, 5.41) is 3.32. The molecule has 0 saturated heterocycles. The van der Waals surface area contributed by atoms with Crippen LogP contribution in [0.1, 0.15) is 52.0 Å². The Morgan fingerprint density at radius 3 is 2.18 bits per heavy atom. The van der Waals surface area contributed by atoms with Crippen molar-refractivity contribution in [2.75, 3.05) is 5.32 Å². The first-order chi connectivity index (χ1) is 18.6. The van der Waals surface area contributed by atoms with E-state index in [2.05, 4.69) is 96.5 Å². The summed E-state index contributed by atoms with van der Waals surface area (Å²) in [6.45, 7) is 4.10. The Morgan fingerprint density at radius 1 is 0.842 bits per heavy atom. The maximum Gasteiger partial charge on any atom is 0.247 e. The number of benzene rings is 4. The number of hydrogen-bond acceptors (Lipinski definition) is 2. The van der Waals surface area contributed by atoms with Crippen LogP contribution in [0.15, 0.2) is 97.1 Å². The molecule has 0 aliphatic heterocycles. The molecule has 4 nitrogen and oxygen atoms in total. The molecule has 0 radical (unpaired) electrons. The molecular weight excluding hydrogens is 466 g/mol. The zero-order valence-electron chi connectivity index (χ0n) is 22.0. The molecule has 1 heterocycles. The number of anilines is 1. The average molecular weight is 500 g/mol. The molecule has 1 amide bonds. The fourth-order valence-corrected chi connectivity index (χ4v) is 5.96. The molecule has 1 N–H and O–H groups in total. The van der Waals surface area contributed by atoms with Gasteiger partial charge in [0.25, 0.3) is 0 Å². The molecule has 1 aliphatic carbocycles. The highest BCUT2D eigenvalue weighted by molar-refractivity contribution is 5.96. The van der Waals surface area contributed by atoms with Crippen LogP contribution in [0.4, 0.5) is 5.69 Å². The number of imidazole rings is 1. The Balaban J connectivity index is 1.43. The average Bonchev–Trinajstić information content (AvgIpc) is 3.54. The minimum absolute atomic E-state index is 0.0123. The van der Waals surface area contributed by atoms with Crippen molar-refractivity contribution in [2.45, 2.75) is 51.5 Å². The van der Waals surface area contributed by atoms with E-state index >= 15 is 0 Å². The highest BCUT2D eigenvalue weighted by Gasteiger charge is 2.32. The Kier molecular flexibility index (Phi) is 6.55. The normalized spacial score (nSPS) is 13.9. The SMILES string of the molecule is Cc1cccc(C)c1NC(=O)C(CCc1ccccc1)n1c(C2Cc3ccccc3C2)nc2ccccc21. The van der Waals surface area contributed by atoms with Gasteiger partial charge in [0.1, 0.15) is 11.9 Å². The van der Waals surface area contributed by atoms with Gasteiger partial charge in [-0.2, -0.15) is 0 Å². The van der Waals surface area contributed by atoms with E-state index in [1.807, 2.05) is 24.3 Å². The number of para-hydroxylation sites is 3. The van der Waals surface area contributed by atoms with Crippen molar-refractivity contribution in [1.29, 1.82) is 0 Å². The van der Waals surface area contributed by atoms with E-state index in [9.17, 15) is 4.79 Å². The van der Waals surface area contributed by atoms with E-state index < -0.39 is 0 Å². The minimum atomic E-state index is -0.389. The lowest BCUT2D eigenvalue weighted by atomic mass is 10.0. The van der Waals surface area contributed by atoms with Crippen molar-refractivity contribution in [3.63, 3.8) is 0 Å². The number of rotatable bonds is 7. The first-order valence-corrected chi connectivity index (χ1v) is 13.5. The smallest absolute Gasteiger partial charge is 0.247 e. The second-order valence-corrected chi connectivity index (χ2v) is 10.5. The molecule has 1 unspecified atom stereocenters. The summed E-state index contributed by atoms with van der Waals surface area (Å²) in [6, 6.07) is 33.1. The van der Waals surface area contributed by atoms with Crippen molar-refractivity contribution in [2.24, 2.45) is 0 Å².